The highest BCUT2D eigenvalue weighted by atomic mass is 16.2. The first-order chi connectivity index (χ1) is 6.13. The van der Waals surface area contributed by atoms with E-state index in [-0.39, 0.29) is 12.8 Å². The normalized spacial score (nSPS) is 9.46. The van der Waals surface area contributed by atoms with Crippen LogP contribution in [0.5, 0.6) is 0 Å². The van der Waals surface area contributed by atoms with E-state index in [1.54, 1.807) is 11.7 Å². The van der Waals surface area contributed by atoms with Crippen LogP contribution in [0.15, 0.2) is 30.3 Å². The van der Waals surface area contributed by atoms with Gasteiger partial charge in [-0.1, -0.05) is 31.8 Å². The van der Waals surface area contributed by atoms with Crippen LogP contribution < -0.4 is 4.81 Å². The van der Waals surface area contributed by atoms with E-state index >= 15 is 0 Å². The number of carbonyl (C=O) groups is 1. The number of hydrogen-bond donors (Lipinski definition) is 0. The van der Waals surface area contributed by atoms with Crippen LogP contribution in [-0.4, -0.2) is 12.8 Å². The Hall–Kier alpha value is -1.25. The molecule has 0 saturated heterocycles. The molecule has 0 aliphatic carbocycles. The van der Waals surface area contributed by atoms with Crippen molar-refractivity contribution in [3.8, 4) is 0 Å². The lowest BCUT2D eigenvalue weighted by Crippen LogP contribution is -2.38. The molecule has 68 valence electrons. The predicted octanol–water partition coefficient (Wildman–Crippen LogP) is 2.29. The van der Waals surface area contributed by atoms with Gasteiger partial charge in [-0.25, -0.2) is 0 Å². The molecule has 0 saturated carbocycles. The van der Waals surface area contributed by atoms with E-state index < -0.39 is 0 Å². The Labute approximate surface area is 79.7 Å². The van der Waals surface area contributed by atoms with Crippen molar-refractivity contribution >= 4 is 18.4 Å². The molecule has 0 aliphatic rings. The van der Waals surface area contributed by atoms with Gasteiger partial charge in [-0.05, 0) is 12.1 Å². The Kier molecular flexibility index (Phi) is 3.12. The number of anilines is 1. The molecule has 3 heteroatoms. The first kappa shape index (κ1) is 9.84. The van der Waals surface area contributed by atoms with E-state index in [9.17, 15) is 4.79 Å². The fourth-order valence-electron chi connectivity index (χ4n) is 1.43. The monoisotopic (exact) mass is 175 g/mol. The summed E-state index contributed by atoms with van der Waals surface area (Å²) in [6, 6.07) is 9.71. The van der Waals surface area contributed by atoms with Crippen LogP contribution in [0, 0.1) is 0 Å². The molecule has 0 atom stereocenters. The second kappa shape index (κ2) is 4.12. The highest BCUT2D eigenvalue weighted by Crippen LogP contribution is 2.14. The summed E-state index contributed by atoms with van der Waals surface area (Å²) in [5.41, 5.74) is 0.963. The fraction of sp³-hybridized carbons (Fsp3) is 0.300. The molecule has 0 aromatic heterocycles. The Morgan fingerprint density at radius 3 is 2.15 bits per heavy atom. The summed E-state index contributed by atoms with van der Waals surface area (Å²) < 4.78 is 0. The minimum Gasteiger partial charge on any atom is -0.359 e. The Balaban J connectivity index is 2.96. The lowest BCUT2D eigenvalue weighted by atomic mass is 9.65. The quantitative estimate of drug-likeness (QED) is 0.631. The standard InChI is InChI=1S/C10H14BNO/c1-9(13)12(11(2)3)10-7-5-4-6-8-10/h4-8H,1-3H3. The van der Waals surface area contributed by atoms with Crippen molar-refractivity contribution in [1.29, 1.82) is 0 Å². The van der Waals surface area contributed by atoms with Crippen LogP contribution in [0.4, 0.5) is 5.69 Å². The molecule has 1 rings (SSSR count). The Morgan fingerprint density at radius 2 is 1.77 bits per heavy atom. The number of carbonyl (C=O) groups excluding carboxylic acids is 1. The Bertz CT molecular complexity index is 284. The predicted molar refractivity (Wildman–Crippen MR) is 57.1 cm³/mol. The van der Waals surface area contributed by atoms with Crippen molar-refractivity contribution in [2.75, 3.05) is 4.81 Å². The van der Waals surface area contributed by atoms with Crippen molar-refractivity contribution in [3.05, 3.63) is 30.3 Å². The molecule has 0 spiro atoms. The summed E-state index contributed by atoms with van der Waals surface area (Å²) in [4.78, 5) is 13.1. The average Bonchev–Trinajstić information content (AvgIpc) is 2.04. The smallest absolute Gasteiger partial charge is 0.257 e. The van der Waals surface area contributed by atoms with Crippen LogP contribution in [0.25, 0.3) is 0 Å². The lowest BCUT2D eigenvalue weighted by molar-refractivity contribution is -0.115. The second-order valence-electron chi connectivity index (χ2n) is 3.32. The Morgan fingerprint density at radius 1 is 1.23 bits per heavy atom. The lowest BCUT2D eigenvalue weighted by Gasteiger charge is -2.23. The molecule has 1 amide bonds. The van der Waals surface area contributed by atoms with Crippen LogP contribution in [0.3, 0.4) is 0 Å². The third kappa shape index (κ3) is 2.34. The maximum atomic E-state index is 11.3. The van der Waals surface area contributed by atoms with Gasteiger partial charge in [0.1, 0.15) is 0 Å². The van der Waals surface area contributed by atoms with Crippen molar-refractivity contribution in [2.24, 2.45) is 0 Å². The van der Waals surface area contributed by atoms with Gasteiger partial charge >= 0.3 is 0 Å². The van der Waals surface area contributed by atoms with Gasteiger partial charge in [-0.3, -0.25) is 4.79 Å². The third-order valence-electron chi connectivity index (χ3n) is 1.89. The minimum absolute atomic E-state index is 0.0844. The molecule has 0 N–H and O–H groups in total. The molecule has 0 fully saturated rings. The third-order valence-corrected chi connectivity index (χ3v) is 1.89. The zero-order valence-electron chi connectivity index (χ0n) is 8.32. The van der Waals surface area contributed by atoms with Gasteiger partial charge in [-0.15, -0.1) is 0 Å². The molecular formula is C10H14BNO. The van der Waals surface area contributed by atoms with Crippen LogP contribution >= 0.6 is 0 Å². The van der Waals surface area contributed by atoms with Crippen LogP contribution in [-0.2, 0) is 4.79 Å². The zero-order valence-corrected chi connectivity index (χ0v) is 8.32. The minimum atomic E-state index is 0.0844. The molecule has 1 aromatic rings. The highest BCUT2D eigenvalue weighted by molar-refractivity contribution is 6.65. The second-order valence-corrected chi connectivity index (χ2v) is 3.32. The van der Waals surface area contributed by atoms with E-state index in [4.69, 9.17) is 0 Å². The molecule has 1 aromatic carbocycles. The largest absolute Gasteiger partial charge is 0.359 e. The SMILES string of the molecule is CB(C)N(C(C)=O)c1ccccc1. The van der Waals surface area contributed by atoms with Gasteiger partial charge in [0.25, 0.3) is 6.85 Å². The van der Waals surface area contributed by atoms with Gasteiger partial charge in [0, 0.05) is 12.6 Å². The number of nitrogens with zero attached hydrogens (tertiary/aromatic N) is 1. The number of amides is 1. The maximum absolute atomic E-state index is 11.3. The molecule has 0 unspecified atom stereocenters. The first-order valence-electron chi connectivity index (χ1n) is 4.47. The van der Waals surface area contributed by atoms with E-state index in [2.05, 4.69) is 0 Å². The molecule has 0 bridgehead atoms. The average molecular weight is 175 g/mol. The molecule has 0 heterocycles. The summed E-state index contributed by atoms with van der Waals surface area (Å²) in [7, 11) is 0. The van der Waals surface area contributed by atoms with E-state index in [1.807, 2.05) is 44.0 Å². The molecule has 2 nitrogen and oxygen atoms in total. The maximum Gasteiger partial charge on any atom is 0.257 e. The van der Waals surface area contributed by atoms with Gasteiger partial charge in [0.05, 0.1) is 0 Å². The summed E-state index contributed by atoms with van der Waals surface area (Å²) in [5, 5.41) is 0. The number of para-hydroxylation sites is 1. The summed E-state index contributed by atoms with van der Waals surface area (Å²) in [6.45, 7) is 5.82. The number of hydrogen-bond acceptors (Lipinski definition) is 1. The molecule has 0 aliphatic heterocycles. The van der Waals surface area contributed by atoms with Gasteiger partial charge in [-0.2, -0.15) is 0 Å². The number of benzene rings is 1. The molecule has 13 heavy (non-hydrogen) atoms. The van der Waals surface area contributed by atoms with Crippen molar-refractivity contribution in [1.82, 2.24) is 0 Å². The van der Waals surface area contributed by atoms with Crippen molar-refractivity contribution < 1.29 is 4.79 Å². The molecule has 0 radical (unpaired) electrons. The van der Waals surface area contributed by atoms with E-state index in [0.717, 1.165) is 5.69 Å². The van der Waals surface area contributed by atoms with Crippen LogP contribution in [0.2, 0.25) is 13.6 Å². The van der Waals surface area contributed by atoms with Gasteiger partial charge in [0.15, 0.2) is 0 Å². The van der Waals surface area contributed by atoms with E-state index in [1.165, 1.54) is 0 Å². The highest BCUT2D eigenvalue weighted by Gasteiger charge is 2.16. The molecular weight excluding hydrogens is 161 g/mol. The fourth-order valence-corrected chi connectivity index (χ4v) is 1.43. The van der Waals surface area contributed by atoms with Crippen molar-refractivity contribution in [3.63, 3.8) is 0 Å². The topological polar surface area (TPSA) is 20.3 Å². The summed E-state index contributed by atoms with van der Waals surface area (Å²) in [5.74, 6) is 0.0844. The zero-order chi connectivity index (χ0) is 9.84. The van der Waals surface area contributed by atoms with Gasteiger partial charge < -0.3 is 4.81 Å². The van der Waals surface area contributed by atoms with E-state index in [0.29, 0.717) is 0 Å². The first-order valence-corrected chi connectivity index (χ1v) is 4.47. The summed E-state index contributed by atoms with van der Waals surface area (Å²) in [6.07, 6.45) is 0. The number of rotatable bonds is 2. The van der Waals surface area contributed by atoms with Crippen LogP contribution in [0.1, 0.15) is 6.92 Å². The van der Waals surface area contributed by atoms with Crippen molar-refractivity contribution in [2.45, 2.75) is 20.6 Å². The van der Waals surface area contributed by atoms with Gasteiger partial charge in [0.2, 0.25) is 5.91 Å². The summed E-state index contributed by atoms with van der Waals surface area (Å²) >= 11 is 0.